The molecule has 4 rings (SSSR count). The number of carbonyl (C=O) groups is 2. The zero-order chi connectivity index (χ0) is 12.9. The van der Waals surface area contributed by atoms with Crippen molar-refractivity contribution < 1.29 is 14.7 Å². The second-order valence-electron chi connectivity index (χ2n) is 6.73. The highest BCUT2D eigenvalue weighted by Gasteiger charge is 2.54. The Morgan fingerprint density at radius 2 is 1.56 bits per heavy atom. The van der Waals surface area contributed by atoms with E-state index in [2.05, 4.69) is 5.32 Å². The lowest BCUT2D eigenvalue weighted by molar-refractivity contribution is -0.151. The van der Waals surface area contributed by atoms with Crippen LogP contribution < -0.4 is 5.32 Å². The van der Waals surface area contributed by atoms with Gasteiger partial charge in [0.15, 0.2) is 0 Å². The third kappa shape index (κ3) is 1.82. The second kappa shape index (κ2) is 3.97. The minimum Gasteiger partial charge on any atom is -0.480 e. The van der Waals surface area contributed by atoms with E-state index in [9.17, 15) is 9.59 Å². The van der Waals surface area contributed by atoms with Gasteiger partial charge in [-0.05, 0) is 63.2 Å². The average Bonchev–Trinajstić information content (AvgIpc) is 2.26. The predicted octanol–water partition coefficient (Wildman–Crippen LogP) is 1.79. The number of aliphatic carboxylic acids is 1. The molecule has 1 amide bonds. The molecule has 4 aliphatic carbocycles. The van der Waals surface area contributed by atoms with E-state index >= 15 is 0 Å². The first-order chi connectivity index (χ1) is 8.48. The molecule has 0 spiro atoms. The Hall–Kier alpha value is -1.06. The third-order valence-corrected chi connectivity index (χ3v) is 5.24. The van der Waals surface area contributed by atoms with Crippen molar-refractivity contribution in [3.8, 4) is 0 Å². The largest absolute Gasteiger partial charge is 0.480 e. The lowest BCUT2D eigenvalue weighted by atomic mass is 9.49. The predicted molar refractivity (Wildman–Crippen MR) is 65.8 cm³/mol. The topological polar surface area (TPSA) is 66.4 Å². The molecule has 4 nitrogen and oxygen atoms in total. The van der Waals surface area contributed by atoms with Gasteiger partial charge < -0.3 is 10.4 Å². The molecular weight excluding hydrogens is 230 g/mol. The van der Waals surface area contributed by atoms with Crippen molar-refractivity contribution in [1.82, 2.24) is 5.32 Å². The van der Waals surface area contributed by atoms with Crippen molar-refractivity contribution in [3.05, 3.63) is 0 Å². The second-order valence-corrected chi connectivity index (χ2v) is 6.73. The van der Waals surface area contributed by atoms with Crippen LogP contribution in [0.5, 0.6) is 0 Å². The Bertz CT molecular complexity index is 355. The Morgan fingerprint density at radius 1 is 1.11 bits per heavy atom. The van der Waals surface area contributed by atoms with Crippen LogP contribution in [0.4, 0.5) is 0 Å². The van der Waals surface area contributed by atoms with Crippen LogP contribution in [0.2, 0.25) is 0 Å². The van der Waals surface area contributed by atoms with Crippen molar-refractivity contribution in [2.75, 3.05) is 0 Å². The number of hydrogen-bond acceptors (Lipinski definition) is 2. The molecule has 4 heteroatoms. The van der Waals surface area contributed by atoms with Crippen LogP contribution in [0, 0.1) is 23.2 Å². The lowest BCUT2D eigenvalue weighted by Gasteiger charge is -2.55. The lowest BCUT2D eigenvalue weighted by Crippen LogP contribution is -2.55. The molecule has 0 aliphatic heterocycles. The van der Waals surface area contributed by atoms with Crippen LogP contribution in [0.3, 0.4) is 0 Å². The van der Waals surface area contributed by atoms with E-state index in [-0.39, 0.29) is 11.3 Å². The molecule has 1 atom stereocenters. The molecule has 0 aromatic rings. The van der Waals surface area contributed by atoms with E-state index in [0.29, 0.717) is 17.8 Å². The van der Waals surface area contributed by atoms with E-state index < -0.39 is 12.0 Å². The van der Waals surface area contributed by atoms with Crippen LogP contribution in [0.1, 0.15) is 45.4 Å². The summed E-state index contributed by atoms with van der Waals surface area (Å²) in [4.78, 5) is 23.3. The highest BCUT2D eigenvalue weighted by Crippen LogP contribution is 2.60. The van der Waals surface area contributed by atoms with Gasteiger partial charge in [-0.15, -0.1) is 0 Å². The summed E-state index contributed by atoms with van der Waals surface area (Å²) in [6.45, 7) is 1.54. The summed E-state index contributed by atoms with van der Waals surface area (Å²) in [6.07, 6.45) is 6.83. The molecule has 2 N–H and O–H groups in total. The quantitative estimate of drug-likeness (QED) is 0.803. The van der Waals surface area contributed by atoms with E-state index in [1.807, 2.05) is 0 Å². The summed E-state index contributed by atoms with van der Waals surface area (Å²) in [7, 11) is 0. The van der Waals surface area contributed by atoms with E-state index in [0.717, 1.165) is 19.3 Å². The van der Waals surface area contributed by atoms with Gasteiger partial charge >= 0.3 is 5.97 Å². The SMILES string of the molecule is C[C@@H](NC(=O)C12CC3CC(CC(C3)C1)C2)C(=O)O. The Kier molecular flexibility index (Phi) is 2.65. The molecular formula is C14H21NO3. The van der Waals surface area contributed by atoms with Gasteiger partial charge in [0, 0.05) is 5.41 Å². The molecule has 0 saturated heterocycles. The number of carboxylic acids is 1. The van der Waals surface area contributed by atoms with Crippen LogP contribution in [-0.4, -0.2) is 23.0 Å². The number of amides is 1. The number of nitrogens with one attached hydrogen (secondary N) is 1. The van der Waals surface area contributed by atoms with Gasteiger partial charge in [-0.3, -0.25) is 9.59 Å². The Balaban J connectivity index is 1.75. The van der Waals surface area contributed by atoms with Gasteiger partial charge in [0.2, 0.25) is 5.91 Å². The molecule has 0 unspecified atom stereocenters. The van der Waals surface area contributed by atoms with Crippen molar-refractivity contribution in [1.29, 1.82) is 0 Å². The van der Waals surface area contributed by atoms with E-state index in [1.165, 1.54) is 19.3 Å². The van der Waals surface area contributed by atoms with Crippen molar-refractivity contribution in [3.63, 3.8) is 0 Å². The van der Waals surface area contributed by atoms with Gasteiger partial charge in [0.25, 0.3) is 0 Å². The molecule has 0 aromatic heterocycles. The van der Waals surface area contributed by atoms with Crippen LogP contribution >= 0.6 is 0 Å². The summed E-state index contributed by atoms with van der Waals surface area (Å²) < 4.78 is 0. The fourth-order valence-corrected chi connectivity index (χ4v) is 4.80. The highest BCUT2D eigenvalue weighted by atomic mass is 16.4. The number of carboxylic acid groups (broad SMARTS) is 1. The van der Waals surface area contributed by atoms with Crippen LogP contribution in [0.15, 0.2) is 0 Å². The zero-order valence-corrected chi connectivity index (χ0v) is 10.8. The Morgan fingerprint density at radius 3 is 1.94 bits per heavy atom. The summed E-state index contributed by atoms with van der Waals surface area (Å²) in [6, 6.07) is -0.773. The highest BCUT2D eigenvalue weighted by molar-refractivity contribution is 5.87. The molecule has 100 valence electrons. The fraction of sp³-hybridized carbons (Fsp3) is 0.857. The van der Waals surface area contributed by atoms with Gasteiger partial charge in [-0.25, -0.2) is 0 Å². The summed E-state index contributed by atoms with van der Waals surface area (Å²) in [5, 5.41) is 11.6. The molecule has 4 bridgehead atoms. The maximum absolute atomic E-state index is 12.4. The zero-order valence-electron chi connectivity index (χ0n) is 10.8. The smallest absolute Gasteiger partial charge is 0.325 e. The normalized spacial score (nSPS) is 42.6. The van der Waals surface area contributed by atoms with Gasteiger partial charge in [-0.1, -0.05) is 0 Å². The maximum Gasteiger partial charge on any atom is 0.325 e. The molecule has 4 saturated carbocycles. The van der Waals surface area contributed by atoms with Crippen molar-refractivity contribution in [2.45, 2.75) is 51.5 Å². The number of rotatable bonds is 3. The number of carbonyl (C=O) groups excluding carboxylic acids is 1. The summed E-state index contributed by atoms with van der Waals surface area (Å²) in [5.41, 5.74) is -0.238. The van der Waals surface area contributed by atoms with Crippen molar-refractivity contribution in [2.24, 2.45) is 23.2 Å². The minimum absolute atomic E-state index is 0.00324. The molecule has 0 radical (unpaired) electrons. The first-order valence-corrected chi connectivity index (χ1v) is 7.02. The molecule has 4 aliphatic rings. The first-order valence-electron chi connectivity index (χ1n) is 7.02. The molecule has 0 aromatic carbocycles. The average molecular weight is 251 g/mol. The summed E-state index contributed by atoms with van der Waals surface area (Å²) in [5.74, 6) is 1.18. The summed E-state index contributed by atoms with van der Waals surface area (Å²) >= 11 is 0. The minimum atomic E-state index is -0.951. The van der Waals surface area contributed by atoms with Gasteiger partial charge in [0.1, 0.15) is 6.04 Å². The Labute approximate surface area is 107 Å². The van der Waals surface area contributed by atoms with Crippen LogP contribution in [0.25, 0.3) is 0 Å². The monoisotopic (exact) mass is 251 g/mol. The molecule has 4 fully saturated rings. The standard InChI is InChI=1S/C14H21NO3/c1-8(12(16)17)15-13(18)14-5-9-2-10(6-14)4-11(3-9)7-14/h8-11H,2-7H2,1H3,(H,15,18)(H,16,17)/t8-,9?,10?,11?,14?/m1/s1. The molecule has 18 heavy (non-hydrogen) atoms. The van der Waals surface area contributed by atoms with E-state index in [1.54, 1.807) is 6.92 Å². The maximum atomic E-state index is 12.4. The fourth-order valence-electron chi connectivity index (χ4n) is 4.80. The molecule has 0 heterocycles. The van der Waals surface area contributed by atoms with Crippen LogP contribution in [-0.2, 0) is 9.59 Å². The third-order valence-electron chi connectivity index (χ3n) is 5.24. The van der Waals surface area contributed by atoms with Gasteiger partial charge in [0.05, 0.1) is 0 Å². The van der Waals surface area contributed by atoms with E-state index in [4.69, 9.17) is 5.11 Å². The van der Waals surface area contributed by atoms with Gasteiger partial charge in [-0.2, -0.15) is 0 Å². The van der Waals surface area contributed by atoms with Crippen molar-refractivity contribution >= 4 is 11.9 Å². The number of hydrogen-bond donors (Lipinski definition) is 2. The first kappa shape index (κ1) is 12.0.